The van der Waals surface area contributed by atoms with Gasteiger partial charge in [-0.3, -0.25) is 44.1 Å². The van der Waals surface area contributed by atoms with Crippen molar-refractivity contribution in [1.82, 2.24) is 31.1 Å². The van der Waals surface area contributed by atoms with Gasteiger partial charge in [0, 0.05) is 38.7 Å². The SMILES string of the molecule is [CH][CH]NC(=O)C(CC(=O)O)NC(=O)C1CCCN1C(=O)C(CCCCNC(C)=O)NC(=O)C1CCCN1C(=O)CCSSCC(N)OC=O. The third-order valence-electron chi connectivity index (χ3n) is 7.80. The zero-order valence-electron chi connectivity index (χ0n) is 27.4. The Bertz CT molecular complexity index is 1180. The molecule has 2 fully saturated rings. The van der Waals surface area contributed by atoms with Gasteiger partial charge in [-0.15, -0.1) is 0 Å². The minimum Gasteiger partial charge on any atom is -0.481 e. The van der Waals surface area contributed by atoms with E-state index < -0.39 is 66.4 Å². The van der Waals surface area contributed by atoms with Crippen LogP contribution in [0.2, 0.25) is 0 Å². The highest BCUT2D eigenvalue weighted by molar-refractivity contribution is 8.76. The van der Waals surface area contributed by atoms with Gasteiger partial charge in [-0.25, -0.2) is 0 Å². The molecule has 0 aromatic rings. The number of rotatable bonds is 22. The maximum absolute atomic E-state index is 13.9. The molecule has 2 aliphatic heterocycles. The van der Waals surface area contributed by atoms with Crippen LogP contribution in [0.15, 0.2) is 0 Å². The summed E-state index contributed by atoms with van der Waals surface area (Å²) < 4.78 is 4.62. The predicted molar refractivity (Wildman–Crippen MR) is 180 cm³/mol. The number of likely N-dealkylation sites (tertiary alicyclic amines) is 2. The normalized spacial score (nSPS) is 18.9. The van der Waals surface area contributed by atoms with E-state index in [1.807, 2.05) is 0 Å². The number of carbonyl (C=O) groups excluding carboxylic acids is 7. The fraction of sp³-hybridized carbons (Fsp3) is 0.667. The molecule has 0 bridgehead atoms. The Labute approximate surface area is 293 Å². The van der Waals surface area contributed by atoms with Crippen LogP contribution in [0.3, 0.4) is 0 Å². The fourth-order valence-electron chi connectivity index (χ4n) is 5.50. The summed E-state index contributed by atoms with van der Waals surface area (Å²) in [7, 11) is 2.74. The number of ether oxygens (including phenoxy) is 1. The van der Waals surface area contributed by atoms with E-state index in [-0.39, 0.29) is 44.1 Å². The van der Waals surface area contributed by atoms with Crippen LogP contribution in [0, 0.1) is 13.5 Å². The Morgan fingerprint density at radius 2 is 1.61 bits per heavy atom. The molecule has 2 rings (SSSR count). The number of hydrogen-bond acceptors (Lipinski definition) is 12. The quantitative estimate of drug-likeness (QED) is 0.0337. The first-order chi connectivity index (χ1) is 23.4. The number of amides is 6. The lowest BCUT2D eigenvalue weighted by atomic mass is 10.1. The van der Waals surface area contributed by atoms with E-state index in [1.54, 1.807) is 0 Å². The van der Waals surface area contributed by atoms with Crippen LogP contribution >= 0.6 is 21.6 Å². The summed E-state index contributed by atoms with van der Waals surface area (Å²) in [5, 5.41) is 19.3. The highest BCUT2D eigenvalue weighted by atomic mass is 33.1. The van der Waals surface area contributed by atoms with E-state index in [1.165, 1.54) is 38.3 Å². The number of hydrogen-bond donors (Lipinski definition) is 6. The van der Waals surface area contributed by atoms with Crippen LogP contribution < -0.4 is 27.0 Å². The van der Waals surface area contributed by atoms with Crippen LogP contribution in [-0.2, 0) is 43.1 Å². The lowest BCUT2D eigenvalue weighted by molar-refractivity contribution is -0.144. The first-order valence-corrected chi connectivity index (χ1v) is 18.5. The van der Waals surface area contributed by atoms with Gasteiger partial charge in [0.25, 0.3) is 6.47 Å². The van der Waals surface area contributed by atoms with Crippen LogP contribution in [0.25, 0.3) is 0 Å². The lowest BCUT2D eigenvalue weighted by Crippen LogP contribution is -2.57. The second-order valence-electron chi connectivity index (χ2n) is 11.4. The molecule has 273 valence electrons. The number of aliphatic carboxylic acids is 1. The van der Waals surface area contributed by atoms with Crippen molar-refractivity contribution in [3.63, 3.8) is 0 Å². The molecule has 5 unspecified atom stereocenters. The Kier molecular flexibility index (Phi) is 18.8. The van der Waals surface area contributed by atoms with E-state index in [4.69, 9.17) is 12.7 Å². The molecule has 2 aliphatic rings. The molecule has 5 atom stereocenters. The zero-order valence-corrected chi connectivity index (χ0v) is 29.1. The van der Waals surface area contributed by atoms with Crippen molar-refractivity contribution in [3.8, 4) is 0 Å². The molecular formula is C30H46N7O10S2. The Morgan fingerprint density at radius 3 is 2.22 bits per heavy atom. The third kappa shape index (κ3) is 14.4. The molecule has 49 heavy (non-hydrogen) atoms. The zero-order chi connectivity index (χ0) is 36.3. The first kappa shape index (κ1) is 41.6. The molecule has 0 spiro atoms. The maximum atomic E-state index is 13.9. The van der Waals surface area contributed by atoms with E-state index >= 15 is 0 Å². The molecule has 3 radical (unpaired) electrons. The van der Waals surface area contributed by atoms with Crippen molar-refractivity contribution in [3.05, 3.63) is 13.5 Å². The van der Waals surface area contributed by atoms with Crippen molar-refractivity contribution in [1.29, 1.82) is 0 Å². The molecule has 6 amide bonds. The molecule has 19 heteroatoms. The summed E-state index contributed by atoms with van der Waals surface area (Å²) in [6.45, 7) is 8.62. The summed E-state index contributed by atoms with van der Waals surface area (Å²) in [5.41, 5.74) is 5.60. The van der Waals surface area contributed by atoms with Gasteiger partial charge in [-0.05, 0) is 51.9 Å². The monoisotopic (exact) mass is 728 g/mol. The summed E-state index contributed by atoms with van der Waals surface area (Å²) >= 11 is 0. The number of nitrogens with two attached hydrogens (primary N) is 1. The molecule has 0 aromatic carbocycles. The Balaban J connectivity index is 2.11. The van der Waals surface area contributed by atoms with Gasteiger partial charge in [0.1, 0.15) is 24.2 Å². The van der Waals surface area contributed by atoms with Crippen molar-refractivity contribution >= 4 is 69.5 Å². The first-order valence-electron chi connectivity index (χ1n) is 16.0. The van der Waals surface area contributed by atoms with Gasteiger partial charge in [0.2, 0.25) is 35.4 Å². The molecule has 2 heterocycles. The largest absolute Gasteiger partial charge is 0.481 e. The lowest BCUT2D eigenvalue weighted by Gasteiger charge is -2.31. The van der Waals surface area contributed by atoms with Crippen molar-refractivity contribution in [2.75, 3.05) is 31.1 Å². The summed E-state index contributed by atoms with van der Waals surface area (Å²) in [6.07, 6.45) is 1.56. The number of nitrogens with one attached hydrogen (secondary N) is 4. The standard InChI is InChI=1S/C30H46N7O10S2/c1-3-32-27(43)21(16-26(41)42)35-29(45)23-10-7-14-37(23)30(46)20(8-4-5-12-33-19(2)39)34-28(44)22-9-6-13-36(22)25(40)11-15-48-49-17-24(31)47-18-38/h1,3,18,20-24H,4-17,31H2,2H3,(H,32,43)(H,33,39)(H,34,44)(H,35,45)(H,41,42). The summed E-state index contributed by atoms with van der Waals surface area (Å²) in [4.78, 5) is 102. The van der Waals surface area contributed by atoms with Crippen LogP contribution in [0.5, 0.6) is 0 Å². The molecule has 0 saturated carbocycles. The number of carboxylic acids is 1. The van der Waals surface area contributed by atoms with Gasteiger partial charge in [-0.2, -0.15) is 0 Å². The molecule has 7 N–H and O–H groups in total. The molecular weight excluding hydrogens is 683 g/mol. The maximum Gasteiger partial charge on any atom is 0.305 e. The van der Waals surface area contributed by atoms with E-state index in [0.717, 1.165) is 6.54 Å². The van der Waals surface area contributed by atoms with E-state index in [0.29, 0.717) is 56.7 Å². The number of carbonyl (C=O) groups is 8. The average molecular weight is 729 g/mol. The predicted octanol–water partition coefficient (Wildman–Crippen LogP) is -1.06. The highest BCUT2D eigenvalue weighted by Gasteiger charge is 2.41. The van der Waals surface area contributed by atoms with E-state index in [2.05, 4.69) is 26.0 Å². The second kappa shape index (κ2) is 22.2. The molecule has 0 aliphatic carbocycles. The number of nitrogens with zero attached hydrogens (tertiary/aromatic N) is 2. The number of unbranched alkanes of at least 4 members (excludes halogenated alkanes) is 1. The summed E-state index contributed by atoms with van der Waals surface area (Å²) in [5.74, 6) is -3.55. The topological polar surface area (TPSA) is 247 Å². The third-order valence-corrected chi connectivity index (χ3v) is 10.2. The molecule has 2 saturated heterocycles. The van der Waals surface area contributed by atoms with E-state index in [9.17, 15) is 43.5 Å². The molecule has 0 aromatic heterocycles. The highest BCUT2D eigenvalue weighted by Crippen LogP contribution is 2.25. The minimum atomic E-state index is -1.44. The van der Waals surface area contributed by atoms with Crippen LogP contribution in [-0.4, -0.2) is 124 Å². The second-order valence-corrected chi connectivity index (χ2v) is 14.1. The van der Waals surface area contributed by atoms with Gasteiger partial charge >= 0.3 is 5.97 Å². The van der Waals surface area contributed by atoms with Gasteiger partial charge in [-0.1, -0.05) is 21.6 Å². The van der Waals surface area contributed by atoms with Crippen LogP contribution in [0.1, 0.15) is 64.7 Å². The fourth-order valence-corrected chi connectivity index (χ4v) is 7.48. The average Bonchev–Trinajstić information content (AvgIpc) is 3.74. The van der Waals surface area contributed by atoms with Crippen molar-refractivity contribution in [2.45, 2.75) is 95.1 Å². The number of carboxylic acid groups (broad SMARTS) is 1. The van der Waals surface area contributed by atoms with Gasteiger partial charge < -0.3 is 40.9 Å². The van der Waals surface area contributed by atoms with Crippen LogP contribution in [0.4, 0.5) is 0 Å². The van der Waals surface area contributed by atoms with Gasteiger partial charge in [0.05, 0.1) is 18.7 Å². The molecule has 17 nitrogen and oxygen atoms in total. The minimum absolute atomic E-state index is 0.158. The van der Waals surface area contributed by atoms with Crippen molar-refractivity contribution in [2.24, 2.45) is 5.73 Å². The van der Waals surface area contributed by atoms with Gasteiger partial charge in [0.15, 0.2) is 6.23 Å². The summed E-state index contributed by atoms with van der Waals surface area (Å²) in [6, 6.07) is -4.30. The smallest absolute Gasteiger partial charge is 0.305 e. The Morgan fingerprint density at radius 1 is 0.980 bits per heavy atom. The van der Waals surface area contributed by atoms with Crippen molar-refractivity contribution < 1.29 is 48.2 Å². The Hall–Kier alpha value is -3.58.